The minimum atomic E-state index is -1.41. The highest BCUT2D eigenvalue weighted by molar-refractivity contribution is 6.08. The summed E-state index contributed by atoms with van der Waals surface area (Å²) in [5, 5.41) is 9.07. The van der Waals surface area contributed by atoms with E-state index in [-0.39, 0.29) is 11.3 Å². The van der Waals surface area contributed by atoms with E-state index in [2.05, 4.69) is 4.99 Å². The SMILES string of the molecule is CC(=O)c1c(/N=C/c2ccc(F)cc2)cc(F)cc1C(=O)O. The molecule has 0 fully saturated rings. The predicted octanol–water partition coefficient (Wildman–Crippen LogP) is 3.62. The van der Waals surface area contributed by atoms with Gasteiger partial charge in [-0.1, -0.05) is 12.1 Å². The molecule has 0 spiro atoms. The quantitative estimate of drug-likeness (QED) is 0.693. The molecule has 0 aliphatic carbocycles. The van der Waals surface area contributed by atoms with Crippen molar-refractivity contribution in [1.29, 1.82) is 0 Å². The molecule has 0 radical (unpaired) electrons. The van der Waals surface area contributed by atoms with Crippen molar-refractivity contribution in [3.05, 3.63) is 64.7 Å². The molecular formula is C16H11F2NO3. The van der Waals surface area contributed by atoms with Gasteiger partial charge in [-0.3, -0.25) is 9.79 Å². The first kappa shape index (κ1) is 15.5. The number of aliphatic imine (C=N–C) groups is 1. The number of ketones is 1. The number of hydrogen-bond acceptors (Lipinski definition) is 3. The second kappa shape index (κ2) is 6.26. The normalized spacial score (nSPS) is 10.9. The number of carbonyl (C=O) groups excluding carboxylic acids is 1. The highest BCUT2D eigenvalue weighted by Crippen LogP contribution is 2.25. The van der Waals surface area contributed by atoms with Crippen LogP contribution in [-0.4, -0.2) is 23.1 Å². The zero-order valence-electron chi connectivity index (χ0n) is 11.5. The lowest BCUT2D eigenvalue weighted by Crippen LogP contribution is -2.07. The highest BCUT2D eigenvalue weighted by Gasteiger charge is 2.19. The molecule has 0 amide bonds. The molecule has 0 unspecified atom stereocenters. The van der Waals surface area contributed by atoms with Crippen LogP contribution < -0.4 is 0 Å². The van der Waals surface area contributed by atoms with Gasteiger partial charge in [0.05, 0.1) is 16.8 Å². The second-order valence-corrected chi connectivity index (χ2v) is 4.52. The van der Waals surface area contributed by atoms with Crippen LogP contribution in [0.1, 0.15) is 33.2 Å². The number of rotatable bonds is 4. The average molecular weight is 303 g/mol. The maximum Gasteiger partial charge on any atom is 0.336 e. The molecular weight excluding hydrogens is 292 g/mol. The van der Waals surface area contributed by atoms with E-state index in [0.717, 1.165) is 12.1 Å². The van der Waals surface area contributed by atoms with Crippen molar-refractivity contribution in [1.82, 2.24) is 0 Å². The fraction of sp³-hybridized carbons (Fsp3) is 0.0625. The van der Waals surface area contributed by atoms with Crippen LogP contribution in [0.15, 0.2) is 41.4 Å². The van der Waals surface area contributed by atoms with Crippen LogP contribution in [0.5, 0.6) is 0 Å². The third-order valence-corrected chi connectivity index (χ3v) is 2.89. The number of aromatic carboxylic acids is 1. The van der Waals surface area contributed by atoms with Crippen molar-refractivity contribution in [3.8, 4) is 0 Å². The van der Waals surface area contributed by atoms with Crippen LogP contribution in [0.25, 0.3) is 0 Å². The summed E-state index contributed by atoms with van der Waals surface area (Å²) < 4.78 is 26.3. The number of hydrogen-bond donors (Lipinski definition) is 1. The first-order valence-corrected chi connectivity index (χ1v) is 6.26. The lowest BCUT2D eigenvalue weighted by Gasteiger charge is -2.07. The Morgan fingerprint density at radius 3 is 2.27 bits per heavy atom. The summed E-state index contributed by atoms with van der Waals surface area (Å²) in [6, 6.07) is 7.09. The van der Waals surface area contributed by atoms with E-state index in [4.69, 9.17) is 5.11 Å². The number of benzene rings is 2. The van der Waals surface area contributed by atoms with Gasteiger partial charge in [0.1, 0.15) is 11.6 Å². The Morgan fingerprint density at radius 2 is 1.73 bits per heavy atom. The fourth-order valence-corrected chi connectivity index (χ4v) is 1.93. The Balaban J connectivity index is 2.52. The van der Waals surface area contributed by atoms with E-state index in [9.17, 15) is 18.4 Å². The van der Waals surface area contributed by atoms with Crippen LogP contribution in [0.2, 0.25) is 0 Å². The molecule has 0 bridgehead atoms. The van der Waals surface area contributed by atoms with E-state index in [1.165, 1.54) is 37.4 Å². The van der Waals surface area contributed by atoms with Crippen molar-refractivity contribution in [2.45, 2.75) is 6.92 Å². The molecule has 0 aliphatic rings. The number of carboxylic acids is 1. The van der Waals surface area contributed by atoms with Gasteiger partial charge in [0, 0.05) is 12.3 Å². The van der Waals surface area contributed by atoms with Crippen molar-refractivity contribution < 1.29 is 23.5 Å². The number of carboxylic acid groups (broad SMARTS) is 1. The van der Waals surface area contributed by atoms with E-state index in [0.29, 0.717) is 5.56 Å². The van der Waals surface area contributed by atoms with Gasteiger partial charge in [-0.2, -0.15) is 0 Å². The summed E-state index contributed by atoms with van der Waals surface area (Å²) in [6.45, 7) is 1.18. The van der Waals surface area contributed by atoms with Gasteiger partial charge in [-0.05, 0) is 30.7 Å². The molecule has 0 heterocycles. The summed E-state index contributed by atoms with van der Waals surface area (Å²) in [4.78, 5) is 26.7. The maximum absolute atomic E-state index is 13.5. The van der Waals surface area contributed by atoms with Gasteiger partial charge in [0.15, 0.2) is 5.78 Å². The molecule has 0 aromatic heterocycles. The fourth-order valence-electron chi connectivity index (χ4n) is 1.93. The van der Waals surface area contributed by atoms with Gasteiger partial charge in [0.25, 0.3) is 0 Å². The molecule has 4 nitrogen and oxygen atoms in total. The summed E-state index contributed by atoms with van der Waals surface area (Å²) in [5.41, 5.74) is -0.183. The van der Waals surface area contributed by atoms with Crippen LogP contribution in [0.4, 0.5) is 14.5 Å². The summed E-state index contributed by atoms with van der Waals surface area (Å²) in [6.07, 6.45) is 1.30. The lowest BCUT2D eigenvalue weighted by atomic mass is 10.0. The molecule has 0 aliphatic heterocycles. The standard InChI is InChI=1S/C16H11F2NO3/c1-9(20)15-13(16(21)22)6-12(18)7-14(15)19-8-10-2-4-11(17)5-3-10/h2-8H,1H3,(H,21,22)/b19-8+. The third-order valence-electron chi connectivity index (χ3n) is 2.89. The number of carbonyl (C=O) groups is 2. The Bertz CT molecular complexity index is 768. The Hall–Kier alpha value is -2.89. The van der Waals surface area contributed by atoms with E-state index in [1.54, 1.807) is 0 Å². The molecule has 2 rings (SSSR count). The summed E-state index contributed by atoms with van der Waals surface area (Å²) in [7, 11) is 0. The smallest absolute Gasteiger partial charge is 0.336 e. The lowest BCUT2D eigenvalue weighted by molar-refractivity contribution is 0.0692. The highest BCUT2D eigenvalue weighted by atomic mass is 19.1. The Labute approximate surface area is 124 Å². The molecule has 2 aromatic carbocycles. The van der Waals surface area contributed by atoms with Crippen LogP contribution in [-0.2, 0) is 0 Å². The van der Waals surface area contributed by atoms with Gasteiger partial charge >= 0.3 is 5.97 Å². The first-order valence-electron chi connectivity index (χ1n) is 6.26. The molecule has 0 saturated heterocycles. The largest absolute Gasteiger partial charge is 0.478 e. The molecule has 6 heteroatoms. The van der Waals surface area contributed by atoms with Crippen molar-refractivity contribution >= 4 is 23.7 Å². The molecule has 22 heavy (non-hydrogen) atoms. The molecule has 0 saturated carbocycles. The van der Waals surface area contributed by atoms with E-state index < -0.39 is 29.0 Å². The minimum Gasteiger partial charge on any atom is -0.478 e. The first-order chi connectivity index (χ1) is 10.4. The minimum absolute atomic E-state index is 0.0887. The average Bonchev–Trinajstić information content (AvgIpc) is 2.45. The molecule has 112 valence electrons. The topological polar surface area (TPSA) is 66.7 Å². The summed E-state index contributed by atoms with van der Waals surface area (Å²) >= 11 is 0. The van der Waals surface area contributed by atoms with Crippen LogP contribution in [0.3, 0.4) is 0 Å². The number of nitrogens with zero attached hydrogens (tertiary/aromatic N) is 1. The van der Waals surface area contributed by atoms with Crippen LogP contribution in [0, 0.1) is 11.6 Å². The van der Waals surface area contributed by atoms with E-state index >= 15 is 0 Å². The molecule has 2 aromatic rings. The predicted molar refractivity (Wildman–Crippen MR) is 77.0 cm³/mol. The third kappa shape index (κ3) is 3.41. The molecule has 1 N–H and O–H groups in total. The van der Waals surface area contributed by atoms with Gasteiger partial charge < -0.3 is 5.11 Å². The number of halogens is 2. The zero-order valence-corrected chi connectivity index (χ0v) is 11.5. The van der Waals surface area contributed by atoms with Crippen LogP contribution >= 0.6 is 0 Å². The van der Waals surface area contributed by atoms with Gasteiger partial charge in [-0.25, -0.2) is 13.6 Å². The maximum atomic E-state index is 13.5. The number of Topliss-reactive ketones (excluding diaryl/α,β-unsaturated/α-hetero) is 1. The van der Waals surface area contributed by atoms with Crippen molar-refractivity contribution in [3.63, 3.8) is 0 Å². The summed E-state index contributed by atoms with van der Waals surface area (Å²) in [5.74, 6) is -3.18. The monoisotopic (exact) mass is 303 g/mol. The van der Waals surface area contributed by atoms with Crippen molar-refractivity contribution in [2.75, 3.05) is 0 Å². The Morgan fingerprint density at radius 1 is 1.09 bits per heavy atom. The van der Waals surface area contributed by atoms with Gasteiger partial charge in [-0.15, -0.1) is 0 Å². The Kier molecular flexibility index (Phi) is 4.41. The van der Waals surface area contributed by atoms with Gasteiger partial charge in [0.2, 0.25) is 0 Å². The van der Waals surface area contributed by atoms with E-state index in [1.807, 2.05) is 0 Å². The zero-order chi connectivity index (χ0) is 16.3. The molecule has 0 atom stereocenters. The second-order valence-electron chi connectivity index (χ2n) is 4.52. The van der Waals surface area contributed by atoms with Crippen molar-refractivity contribution in [2.24, 2.45) is 4.99 Å².